The van der Waals surface area contributed by atoms with E-state index in [1.165, 1.54) is 6.07 Å². The first kappa shape index (κ1) is 35.2. The molecule has 4 aromatic rings. The van der Waals surface area contributed by atoms with Crippen molar-refractivity contribution in [3.63, 3.8) is 0 Å². The summed E-state index contributed by atoms with van der Waals surface area (Å²) >= 11 is 0. The molecule has 0 saturated carbocycles. The van der Waals surface area contributed by atoms with Gasteiger partial charge in [0.15, 0.2) is 17.5 Å². The Morgan fingerprint density at radius 2 is 1.23 bits per heavy atom. The molecule has 1 fully saturated rings. The lowest BCUT2D eigenvalue weighted by Crippen LogP contribution is -2.46. The lowest BCUT2D eigenvalue weighted by Gasteiger charge is -2.42. The van der Waals surface area contributed by atoms with Crippen LogP contribution < -0.4 is 4.74 Å². The molecule has 1 N–H and O–H groups in total. The molecule has 1 saturated heterocycles. The van der Waals surface area contributed by atoms with Crippen molar-refractivity contribution in [3.05, 3.63) is 113 Å². The molecular weight excluding hydrogens is 655 g/mol. The van der Waals surface area contributed by atoms with Crippen molar-refractivity contribution >= 4 is 0 Å². The Labute approximate surface area is 269 Å². The summed E-state index contributed by atoms with van der Waals surface area (Å²) in [5.74, 6) is -14.3. The van der Waals surface area contributed by atoms with Gasteiger partial charge in [0.2, 0.25) is 0 Å². The number of hydrogen-bond donors (Lipinski definition) is 1. The minimum absolute atomic E-state index is 0.121. The molecule has 48 heavy (non-hydrogen) atoms. The second kappa shape index (κ2) is 13.4. The van der Waals surface area contributed by atoms with Gasteiger partial charge in [-0.25, -0.2) is 30.7 Å². The zero-order valence-electron chi connectivity index (χ0n) is 25.6. The monoisotopic (exact) mass is 684 g/mol. The van der Waals surface area contributed by atoms with Gasteiger partial charge in [-0.15, -0.1) is 0 Å². The maximum absolute atomic E-state index is 15.2. The quantitative estimate of drug-likeness (QED) is 0.103. The smallest absolute Gasteiger partial charge is 0.429 e. The summed E-state index contributed by atoms with van der Waals surface area (Å²) in [5.41, 5.74) is -4.20. The molecule has 1 aliphatic heterocycles. The van der Waals surface area contributed by atoms with Gasteiger partial charge in [0.05, 0.1) is 13.2 Å². The first-order chi connectivity index (χ1) is 22.6. The Hall–Kier alpha value is -4.07. The molecule has 4 nitrogen and oxygen atoms in total. The summed E-state index contributed by atoms with van der Waals surface area (Å²) < 4.78 is 146. The number of rotatable bonds is 10. The topological polar surface area (TPSA) is 47.9 Å². The van der Waals surface area contributed by atoms with E-state index in [0.29, 0.717) is 30.3 Å². The number of unbranched alkanes of at least 4 members (excludes halogenated alkanes) is 2. The molecule has 13 heteroatoms. The average Bonchev–Trinajstić information content (AvgIpc) is 3.01. The van der Waals surface area contributed by atoms with Crippen molar-refractivity contribution in [1.29, 1.82) is 0 Å². The van der Waals surface area contributed by atoms with Gasteiger partial charge in [-0.1, -0.05) is 45.2 Å². The number of ether oxygens (including phenoxy) is 3. The molecule has 256 valence electrons. The van der Waals surface area contributed by atoms with Crippen LogP contribution in [0.25, 0.3) is 22.3 Å². The first-order valence-corrected chi connectivity index (χ1v) is 14.9. The SMILES string of the molecule is CCCCCC1(C)COC(O)(c2ccc(-c3cc(F)c(C(F)(F)Oc4ccc(-c5cc(F)c(F)c(F)c5)c(F)c4)c(F)c3)c(F)c2)OC1. The molecular formula is C35H29F9O4. The highest BCUT2D eigenvalue weighted by atomic mass is 19.3. The van der Waals surface area contributed by atoms with E-state index in [1.807, 2.05) is 6.92 Å². The van der Waals surface area contributed by atoms with Crippen molar-refractivity contribution in [2.45, 2.75) is 51.6 Å². The zero-order valence-corrected chi connectivity index (χ0v) is 25.6. The van der Waals surface area contributed by atoms with Crippen LogP contribution in [0.15, 0.2) is 60.7 Å². The number of benzene rings is 4. The van der Waals surface area contributed by atoms with E-state index < -0.39 is 86.4 Å². The highest BCUT2D eigenvalue weighted by molar-refractivity contribution is 5.66. The van der Waals surface area contributed by atoms with Crippen molar-refractivity contribution in [2.24, 2.45) is 5.41 Å². The van der Waals surface area contributed by atoms with Gasteiger partial charge in [-0.3, -0.25) is 0 Å². The molecule has 1 aliphatic rings. The number of hydrogen-bond acceptors (Lipinski definition) is 4. The average molecular weight is 685 g/mol. The number of halogens is 9. The minimum atomic E-state index is -4.72. The number of alkyl halides is 2. The van der Waals surface area contributed by atoms with Crippen LogP contribution in [0.1, 0.15) is 50.7 Å². The minimum Gasteiger partial charge on any atom is -0.429 e. The van der Waals surface area contributed by atoms with Crippen LogP contribution in [0.5, 0.6) is 5.75 Å². The van der Waals surface area contributed by atoms with Gasteiger partial charge in [-0.05, 0) is 60.0 Å². The maximum Gasteiger partial charge on any atom is 0.432 e. The highest BCUT2D eigenvalue weighted by Gasteiger charge is 2.44. The Morgan fingerprint density at radius 1 is 0.708 bits per heavy atom. The summed E-state index contributed by atoms with van der Waals surface area (Å²) in [6.07, 6.45) is -0.968. The molecule has 0 aromatic heterocycles. The summed E-state index contributed by atoms with van der Waals surface area (Å²) in [4.78, 5) is 0. The Balaban J connectivity index is 1.34. The van der Waals surface area contributed by atoms with E-state index in [0.717, 1.165) is 49.9 Å². The standard InChI is InChI=1S/C35H29F9O4/c1-3-4-5-10-33(2)17-46-35(45,47-18-33)21-6-8-23(25(36)15-21)19-11-27(38)31(28(39)12-19)34(43,44)48-22-7-9-24(26(37)16-22)20-13-29(40)32(42)30(41)14-20/h6-9,11-16,45H,3-5,10,17-18H2,1-2H3. The molecule has 1 heterocycles. The molecule has 0 bridgehead atoms. The van der Waals surface area contributed by atoms with E-state index in [-0.39, 0.29) is 24.2 Å². The van der Waals surface area contributed by atoms with Gasteiger partial charge in [0.25, 0.3) is 0 Å². The fraction of sp³-hybridized carbons (Fsp3) is 0.314. The zero-order chi connectivity index (χ0) is 35.0. The lowest BCUT2D eigenvalue weighted by atomic mass is 9.85. The molecule has 0 atom stereocenters. The van der Waals surface area contributed by atoms with Crippen LogP contribution in [-0.4, -0.2) is 18.3 Å². The summed E-state index contributed by atoms with van der Waals surface area (Å²) in [6, 6.07) is 6.88. The van der Waals surface area contributed by atoms with E-state index in [1.54, 1.807) is 0 Å². The lowest BCUT2D eigenvalue weighted by molar-refractivity contribution is -0.415. The highest BCUT2D eigenvalue weighted by Crippen LogP contribution is 2.41. The largest absolute Gasteiger partial charge is 0.432 e. The van der Waals surface area contributed by atoms with E-state index in [4.69, 9.17) is 9.47 Å². The van der Waals surface area contributed by atoms with Crippen LogP contribution in [-0.2, 0) is 21.6 Å². The van der Waals surface area contributed by atoms with Gasteiger partial charge < -0.3 is 19.3 Å². The van der Waals surface area contributed by atoms with Crippen LogP contribution in [0, 0.1) is 46.1 Å². The first-order valence-electron chi connectivity index (χ1n) is 14.9. The van der Waals surface area contributed by atoms with E-state index in [2.05, 4.69) is 11.7 Å². The molecule has 0 unspecified atom stereocenters. The second-order valence-corrected chi connectivity index (χ2v) is 12.0. The third-order valence-electron chi connectivity index (χ3n) is 8.08. The molecule has 0 aliphatic carbocycles. The van der Waals surface area contributed by atoms with Gasteiger partial charge in [-0.2, -0.15) is 8.78 Å². The molecule has 0 amide bonds. The normalized spacial score (nSPS) is 19.8. The number of aliphatic hydroxyl groups is 1. The van der Waals surface area contributed by atoms with Gasteiger partial charge in [0, 0.05) is 28.2 Å². The summed E-state index contributed by atoms with van der Waals surface area (Å²) in [6.45, 7) is 4.24. The van der Waals surface area contributed by atoms with Crippen molar-refractivity contribution in [3.8, 4) is 28.0 Å². The van der Waals surface area contributed by atoms with Crippen LogP contribution >= 0.6 is 0 Å². The van der Waals surface area contributed by atoms with E-state index in [9.17, 15) is 22.7 Å². The van der Waals surface area contributed by atoms with Crippen LogP contribution in [0.3, 0.4) is 0 Å². The van der Waals surface area contributed by atoms with Crippen molar-refractivity contribution < 1.29 is 58.8 Å². The fourth-order valence-corrected chi connectivity index (χ4v) is 5.40. The predicted molar refractivity (Wildman–Crippen MR) is 156 cm³/mol. The van der Waals surface area contributed by atoms with Crippen molar-refractivity contribution in [2.75, 3.05) is 13.2 Å². The maximum atomic E-state index is 15.2. The van der Waals surface area contributed by atoms with Crippen molar-refractivity contribution in [1.82, 2.24) is 0 Å². The molecule has 5 rings (SSSR count). The van der Waals surface area contributed by atoms with E-state index >= 15 is 22.0 Å². The van der Waals surface area contributed by atoms with Crippen LogP contribution in [0.4, 0.5) is 39.5 Å². The third kappa shape index (κ3) is 7.18. The third-order valence-corrected chi connectivity index (χ3v) is 8.08. The Bertz CT molecular complexity index is 1770. The Morgan fingerprint density at radius 3 is 1.75 bits per heavy atom. The predicted octanol–water partition coefficient (Wildman–Crippen LogP) is 9.86. The fourth-order valence-electron chi connectivity index (χ4n) is 5.40. The second-order valence-electron chi connectivity index (χ2n) is 12.0. The summed E-state index contributed by atoms with van der Waals surface area (Å²) in [7, 11) is 0. The Kier molecular flexibility index (Phi) is 9.87. The summed E-state index contributed by atoms with van der Waals surface area (Å²) in [5, 5.41) is 10.9. The van der Waals surface area contributed by atoms with Gasteiger partial charge in [0.1, 0.15) is 34.6 Å². The molecule has 4 aromatic carbocycles. The molecule has 0 radical (unpaired) electrons. The van der Waals surface area contributed by atoms with Crippen LogP contribution in [0.2, 0.25) is 0 Å². The molecule has 0 spiro atoms. The van der Waals surface area contributed by atoms with Gasteiger partial charge >= 0.3 is 12.1 Å².